The van der Waals surface area contributed by atoms with Crippen LogP contribution in [0, 0.1) is 13.8 Å². The van der Waals surface area contributed by atoms with E-state index in [1.807, 2.05) is 19.9 Å². The van der Waals surface area contributed by atoms with Gasteiger partial charge in [0.1, 0.15) is 5.69 Å². The largest absolute Gasteiger partial charge is 0.433 e. The number of anilines is 1. The number of nitrogens with zero attached hydrogens (tertiary/aromatic N) is 1. The van der Waals surface area contributed by atoms with Gasteiger partial charge in [-0.3, -0.25) is 9.78 Å². The predicted molar refractivity (Wildman–Crippen MR) is 73.1 cm³/mol. The molecule has 0 saturated carbocycles. The van der Waals surface area contributed by atoms with Crippen LogP contribution in [0.25, 0.3) is 0 Å². The van der Waals surface area contributed by atoms with Crippen molar-refractivity contribution in [2.45, 2.75) is 20.0 Å². The van der Waals surface area contributed by atoms with E-state index in [0.29, 0.717) is 5.69 Å². The lowest BCUT2D eigenvalue weighted by atomic mass is 10.1. The van der Waals surface area contributed by atoms with Crippen molar-refractivity contribution in [3.63, 3.8) is 0 Å². The standard InChI is InChI=1S/C15H13F3N2O/c1-9-4-3-5-12(10(9)2)20-14(21)11-6-7-13(19-8-11)15(16,17)18/h3-8H,1-2H3,(H,20,21). The maximum Gasteiger partial charge on any atom is 0.433 e. The molecule has 0 bridgehead atoms. The van der Waals surface area contributed by atoms with E-state index in [9.17, 15) is 18.0 Å². The molecule has 0 aliphatic carbocycles. The van der Waals surface area contributed by atoms with Crippen LogP contribution in [-0.2, 0) is 6.18 Å². The number of carbonyl (C=O) groups is 1. The van der Waals surface area contributed by atoms with E-state index in [1.54, 1.807) is 12.1 Å². The fraction of sp³-hybridized carbons (Fsp3) is 0.200. The zero-order valence-electron chi connectivity index (χ0n) is 11.5. The van der Waals surface area contributed by atoms with Crippen LogP contribution in [0.2, 0.25) is 0 Å². The van der Waals surface area contributed by atoms with E-state index < -0.39 is 17.8 Å². The Kier molecular flexibility index (Phi) is 3.97. The Bertz CT molecular complexity index is 664. The summed E-state index contributed by atoms with van der Waals surface area (Å²) in [6.07, 6.45) is -3.59. The third-order valence-corrected chi connectivity index (χ3v) is 3.17. The van der Waals surface area contributed by atoms with Crippen LogP contribution < -0.4 is 5.32 Å². The van der Waals surface area contributed by atoms with Gasteiger partial charge in [-0.1, -0.05) is 12.1 Å². The molecule has 6 heteroatoms. The first-order valence-corrected chi connectivity index (χ1v) is 6.20. The van der Waals surface area contributed by atoms with Crippen LogP contribution in [0.1, 0.15) is 27.2 Å². The maximum atomic E-state index is 12.4. The molecule has 1 aromatic heterocycles. The molecule has 1 amide bonds. The minimum Gasteiger partial charge on any atom is -0.322 e. The first-order valence-electron chi connectivity index (χ1n) is 6.20. The number of benzene rings is 1. The molecule has 2 aromatic rings. The second-order valence-corrected chi connectivity index (χ2v) is 4.63. The van der Waals surface area contributed by atoms with Crippen LogP contribution >= 0.6 is 0 Å². The van der Waals surface area contributed by atoms with E-state index in [1.165, 1.54) is 0 Å². The van der Waals surface area contributed by atoms with E-state index >= 15 is 0 Å². The highest BCUT2D eigenvalue weighted by Crippen LogP contribution is 2.27. The molecule has 1 heterocycles. The highest BCUT2D eigenvalue weighted by atomic mass is 19.4. The van der Waals surface area contributed by atoms with Crippen molar-refractivity contribution in [3.8, 4) is 0 Å². The molecule has 0 aliphatic heterocycles. The predicted octanol–water partition coefficient (Wildman–Crippen LogP) is 3.97. The van der Waals surface area contributed by atoms with Crippen LogP contribution in [0.4, 0.5) is 18.9 Å². The molecule has 3 nitrogen and oxygen atoms in total. The number of hydrogen-bond acceptors (Lipinski definition) is 2. The first kappa shape index (κ1) is 15.0. The number of rotatable bonds is 2. The third-order valence-electron chi connectivity index (χ3n) is 3.17. The summed E-state index contributed by atoms with van der Waals surface area (Å²) in [4.78, 5) is 15.3. The highest BCUT2D eigenvalue weighted by Gasteiger charge is 2.32. The summed E-state index contributed by atoms with van der Waals surface area (Å²) >= 11 is 0. The van der Waals surface area contributed by atoms with Crippen LogP contribution in [0.5, 0.6) is 0 Å². The van der Waals surface area contributed by atoms with Gasteiger partial charge < -0.3 is 5.32 Å². The second kappa shape index (κ2) is 5.55. The SMILES string of the molecule is Cc1cccc(NC(=O)c2ccc(C(F)(F)F)nc2)c1C. The third kappa shape index (κ3) is 3.39. The first-order chi connectivity index (χ1) is 9.79. The monoisotopic (exact) mass is 294 g/mol. The average molecular weight is 294 g/mol. The number of alkyl halides is 3. The molecule has 0 spiro atoms. The van der Waals surface area contributed by atoms with Crippen molar-refractivity contribution in [2.24, 2.45) is 0 Å². The molecule has 0 aliphatic rings. The molecule has 21 heavy (non-hydrogen) atoms. The number of aryl methyl sites for hydroxylation is 1. The summed E-state index contributed by atoms with van der Waals surface area (Å²) in [5.41, 5.74) is 1.60. The number of carbonyl (C=O) groups excluding carboxylic acids is 1. The molecule has 110 valence electrons. The quantitative estimate of drug-likeness (QED) is 0.910. The summed E-state index contributed by atoms with van der Waals surface area (Å²) in [7, 11) is 0. The minimum atomic E-state index is -4.51. The van der Waals surface area contributed by atoms with Gasteiger partial charge >= 0.3 is 6.18 Å². The highest BCUT2D eigenvalue weighted by molar-refractivity contribution is 6.04. The minimum absolute atomic E-state index is 0.0731. The van der Waals surface area contributed by atoms with Crippen LogP contribution in [0.3, 0.4) is 0 Å². The van der Waals surface area contributed by atoms with Crippen molar-refractivity contribution in [3.05, 3.63) is 58.9 Å². The summed E-state index contributed by atoms with van der Waals surface area (Å²) in [5, 5.41) is 2.67. The number of aromatic nitrogens is 1. The molecular weight excluding hydrogens is 281 g/mol. The summed E-state index contributed by atoms with van der Waals surface area (Å²) < 4.78 is 37.2. The zero-order chi connectivity index (χ0) is 15.6. The normalized spacial score (nSPS) is 11.3. The summed E-state index contributed by atoms with van der Waals surface area (Å²) in [6, 6.07) is 7.33. The fourth-order valence-electron chi connectivity index (χ4n) is 1.78. The Morgan fingerprint density at radius 2 is 1.86 bits per heavy atom. The Hall–Kier alpha value is -2.37. The Labute approximate surface area is 119 Å². The number of pyridine rings is 1. The summed E-state index contributed by atoms with van der Waals surface area (Å²) in [6.45, 7) is 3.76. The van der Waals surface area contributed by atoms with Crippen molar-refractivity contribution in [1.29, 1.82) is 0 Å². The lowest BCUT2D eigenvalue weighted by molar-refractivity contribution is -0.141. The molecule has 1 aromatic carbocycles. The van der Waals surface area contributed by atoms with Gasteiger partial charge in [-0.05, 0) is 43.2 Å². The van der Waals surface area contributed by atoms with Crippen molar-refractivity contribution < 1.29 is 18.0 Å². The van der Waals surface area contributed by atoms with Crippen molar-refractivity contribution >= 4 is 11.6 Å². The number of nitrogens with one attached hydrogen (secondary N) is 1. The Morgan fingerprint density at radius 1 is 1.14 bits per heavy atom. The fourth-order valence-corrected chi connectivity index (χ4v) is 1.78. The van der Waals surface area contributed by atoms with Crippen LogP contribution in [-0.4, -0.2) is 10.9 Å². The van der Waals surface area contributed by atoms with E-state index in [4.69, 9.17) is 0 Å². The van der Waals surface area contributed by atoms with Crippen LogP contribution in [0.15, 0.2) is 36.5 Å². The van der Waals surface area contributed by atoms with Gasteiger partial charge in [-0.25, -0.2) is 0 Å². The second-order valence-electron chi connectivity index (χ2n) is 4.63. The molecule has 0 fully saturated rings. The Morgan fingerprint density at radius 3 is 2.43 bits per heavy atom. The van der Waals surface area contributed by atoms with E-state index in [2.05, 4.69) is 10.3 Å². The smallest absolute Gasteiger partial charge is 0.322 e. The van der Waals surface area contributed by atoms with Crippen molar-refractivity contribution in [1.82, 2.24) is 4.98 Å². The van der Waals surface area contributed by atoms with E-state index in [0.717, 1.165) is 29.5 Å². The van der Waals surface area contributed by atoms with Gasteiger partial charge in [0, 0.05) is 11.9 Å². The van der Waals surface area contributed by atoms with Gasteiger partial charge in [0.15, 0.2) is 0 Å². The van der Waals surface area contributed by atoms with Gasteiger partial charge in [0.25, 0.3) is 5.91 Å². The number of hydrogen-bond donors (Lipinski definition) is 1. The molecule has 2 rings (SSSR count). The van der Waals surface area contributed by atoms with E-state index in [-0.39, 0.29) is 5.56 Å². The van der Waals surface area contributed by atoms with Gasteiger partial charge in [0.2, 0.25) is 0 Å². The van der Waals surface area contributed by atoms with Gasteiger partial charge in [-0.15, -0.1) is 0 Å². The molecule has 1 N–H and O–H groups in total. The maximum absolute atomic E-state index is 12.4. The molecule has 0 radical (unpaired) electrons. The number of halogens is 3. The zero-order valence-corrected chi connectivity index (χ0v) is 11.5. The number of amides is 1. The lowest BCUT2D eigenvalue weighted by Gasteiger charge is -2.11. The summed E-state index contributed by atoms with van der Waals surface area (Å²) in [5.74, 6) is -0.495. The molecular formula is C15H13F3N2O. The molecule has 0 saturated heterocycles. The van der Waals surface area contributed by atoms with Gasteiger partial charge in [0.05, 0.1) is 5.56 Å². The molecule has 0 atom stereocenters. The van der Waals surface area contributed by atoms with Crippen molar-refractivity contribution in [2.75, 3.05) is 5.32 Å². The molecule has 0 unspecified atom stereocenters. The average Bonchev–Trinajstić information content (AvgIpc) is 2.43. The topological polar surface area (TPSA) is 42.0 Å². The van der Waals surface area contributed by atoms with Gasteiger partial charge in [-0.2, -0.15) is 13.2 Å². The Balaban J connectivity index is 2.19. The lowest BCUT2D eigenvalue weighted by Crippen LogP contribution is -2.15.